The lowest BCUT2D eigenvalue weighted by Crippen LogP contribution is -2.61. The second-order valence-corrected chi connectivity index (χ2v) is 14.9. The van der Waals surface area contributed by atoms with E-state index in [0.717, 1.165) is 32.1 Å². The summed E-state index contributed by atoms with van der Waals surface area (Å²) in [4.78, 5) is 45.9. The van der Waals surface area contributed by atoms with Gasteiger partial charge in [0.15, 0.2) is 0 Å². The third-order valence-electron chi connectivity index (χ3n) is 8.64. The van der Waals surface area contributed by atoms with Crippen LogP contribution in [-0.2, 0) is 19.1 Å². The molecule has 0 aliphatic carbocycles. The first-order valence-corrected chi connectivity index (χ1v) is 15.5. The van der Waals surface area contributed by atoms with Crippen molar-refractivity contribution in [3.05, 3.63) is 25.3 Å². The topological polar surface area (TPSA) is 87.1 Å². The summed E-state index contributed by atoms with van der Waals surface area (Å²) in [5.74, 6) is -1.81. The Morgan fingerprint density at radius 1 is 1.23 bits per heavy atom. The highest BCUT2D eigenvalue weighted by Gasteiger charge is 2.75. The van der Waals surface area contributed by atoms with E-state index in [2.05, 4.69) is 47.8 Å². The van der Waals surface area contributed by atoms with Crippen LogP contribution in [0, 0.1) is 17.3 Å². The normalized spacial score (nSPS) is 28.8. The number of thioether (sulfide) groups is 1. The molecule has 0 saturated carbocycles. The molecule has 3 saturated heterocycles. The Kier molecular flexibility index (Phi) is 10.1. The van der Waals surface area contributed by atoms with Gasteiger partial charge < -0.3 is 19.6 Å². The number of hydrogen-bond acceptors (Lipinski definition) is 6. The van der Waals surface area contributed by atoms with E-state index in [1.165, 1.54) is 0 Å². The van der Waals surface area contributed by atoms with Crippen LogP contribution in [0.2, 0.25) is 0 Å². The monoisotopic (exact) mass is 562 g/mol. The van der Waals surface area contributed by atoms with E-state index in [1.807, 2.05) is 17.9 Å². The second-order valence-electron chi connectivity index (χ2n) is 13.3. The first-order chi connectivity index (χ1) is 18.3. The van der Waals surface area contributed by atoms with Crippen LogP contribution < -0.4 is 0 Å². The molecule has 6 atom stereocenters. The summed E-state index contributed by atoms with van der Waals surface area (Å²) in [6, 6.07) is -1.23. The molecule has 1 N–H and O–H groups in total. The summed E-state index contributed by atoms with van der Waals surface area (Å²) < 4.78 is 5.00. The lowest BCUT2D eigenvalue weighted by Gasteiger charge is -2.46. The molecule has 39 heavy (non-hydrogen) atoms. The fourth-order valence-corrected chi connectivity index (χ4v) is 9.60. The highest BCUT2D eigenvalue weighted by molar-refractivity contribution is 8.02. The van der Waals surface area contributed by atoms with Gasteiger partial charge in [-0.1, -0.05) is 39.8 Å². The average Bonchev–Trinajstić information content (AvgIpc) is 3.49. The number of rotatable bonds is 14. The van der Waals surface area contributed by atoms with Crippen LogP contribution >= 0.6 is 11.8 Å². The van der Waals surface area contributed by atoms with E-state index in [4.69, 9.17) is 4.74 Å². The minimum atomic E-state index is -0.744. The standard InChI is InChI=1S/C31H50N2O5S/c1-9-12-13-14-18-38-28(37)23-22-15-16-31(39-22)24(23)26(35)33(21(11-3)19-34)25(31)27(36)32(17-10-2)30(7,8)20-29(4,5)6/h9-10,21-25,34H,1-2,11-20H2,3-8H3/t21-,22+,23-,24-,25?,31?/m0/s1. The van der Waals surface area contributed by atoms with Gasteiger partial charge in [0, 0.05) is 17.3 Å². The van der Waals surface area contributed by atoms with Crippen LogP contribution in [0.15, 0.2) is 25.3 Å². The number of aliphatic hydroxyl groups is 1. The number of aliphatic hydroxyl groups excluding tert-OH is 1. The van der Waals surface area contributed by atoms with Crippen molar-refractivity contribution in [2.24, 2.45) is 17.3 Å². The number of likely N-dealkylation sites (tertiary alicyclic amines) is 1. The Balaban J connectivity index is 2.00. The van der Waals surface area contributed by atoms with E-state index in [-0.39, 0.29) is 35.1 Å². The Bertz CT molecular complexity index is 940. The maximum atomic E-state index is 14.7. The highest BCUT2D eigenvalue weighted by Crippen LogP contribution is 2.67. The van der Waals surface area contributed by atoms with Gasteiger partial charge in [-0.3, -0.25) is 14.4 Å². The molecule has 0 aromatic heterocycles. The summed E-state index contributed by atoms with van der Waals surface area (Å²) in [5, 5.41) is 10.3. The van der Waals surface area contributed by atoms with Gasteiger partial charge >= 0.3 is 5.97 Å². The molecule has 0 aromatic rings. The van der Waals surface area contributed by atoms with Gasteiger partial charge in [-0.05, 0) is 64.2 Å². The van der Waals surface area contributed by atoms with Crippen LogP contribution in [0.25, 0.3) is 0 Å². The van der Waals surface area contributed by atoms with Crippen LogP contribution in [0.3, 0.4) is 0 Å². The van der Waals surface area contributed by atoms with Gasteiger partial charge in [0.05, 0.1) is 35.8 Å². The third kappa shape index (κ3) is 6.12. The molecule has 3 heterocycles. The first-order valence-electron chi connectivity index (χ1n) is 14.6. The van der Waals surface area contributed by atoms with Crippen LogP contribution in [0.5, 0.6) is 0 Å². The Labute approximate surface area is 239 Å². The third-order valence-corrected chi connectivity index (χ3v) is 10.6. The number of esters is 1. The molecule has 3 fully saturated rings. The van der Waals surface area contributed by atoms with Gasteiger partial charge in [0.25, 0.3) is 0 Å². The van der Waals surface area contributed by atoms with Crippen LogP contribution in [-0.4, -0.2) is 80.1 Å². The Morgan fingerprint density at radius 2 is 1.92 bits per heavy atom. The van der Waals surface area contributed by atoms with Gasteiger partial charge in [0.1, 0.15) is 6.04 Å². The highest BCUT2D eigenvalue weighted by atomic mass is 32.2. The maximum Gasteiger partial charge on any atom is 0.310 e. The number of allylic oxidation sites excluding steroid dienone is 1. The average molecular weight is 563 g/mol. The second kappa shape index (κ2) is 12.4. The zero-order chi connectivity index (χ0) is 29.2. The summed E-state index contributed by atoms with van der Waals surface area (Å²) in [6.07, 6.45) is 8.87. The molecule has 0 radical (unpaired) electrons. The Hall–Kier alpha value is -1.80. The molecule has 2 amide bonds. The smallest absolute Gasteiger partial charge is 0.310 e. The summed E-state index contributed by atoms with van der Waals surface area (Å²) in [6.45, 7) is 20.7. The van der Waals surface area contributed by atoms with Crippen LogP contribution in [0.4, 0.5) is 0 Å². The fraction of sp³-hybridized carbons (Fsp3) is 0.774. The van der Waals surface area contributed by atoms with Gasteiger partial charge in [-0.2, -0.15) is 0 Å². The molecule has 1 spiro atoms. The van der Waals surface area contributed by atoms with E-state index < -0.39 is 34.2 Å². The fourth-order valence-electron chi connectivity index (χ4n) is 7.41. The zero-order valence-electron chi connectivity index (χ0n) is 24.9. The van der Waals surface area contributed by atoms with Crippen molar-refractivity contribution in [3.8, 4) is 0 Å². The molecule has 7 nitrogen and oxygen atoms in total. The van der Waals surface area contributed by atoms with Gasteiger partial charge in [-0.25, -0.2) is 0 Å². The number of amides is 2. The maximum absolute atomic E-state index is 14.7. The van der Waals surface area contributed by atoms with Crippen molar-refractivity contribution in [1.29, 1.82) is 0 Å². The molecular weight excluding hydrogens is 512 g/mol. The van der Waals surface area contributed by atoms with Gasteiger partial charge in [0.2, 0.25) is 11.8 Å². The van der Waals surface area contributed by atoms with E-state index in [9.17, 15) is 19.5 Å². The van der Waals surface area contributed by atoms with Crippen molar-refractivity contribution >= 4 is 29.5 Å². The predicted octanol–water partition coefficient (Wildman–Crippen LogP) is 4.98. The summed E-state index contributed by atoms with van der Waals surface area (Å²) in [7, 11) is 0. The minimum Gasteiger partial charge on any atom is -0.465 e. The Morgan fingerprint density at radius 3 is 2.49 bits per heavy atom. The number of carbonyl (C=O) groups is 3. The summed E-state index contributed by atoms with van der Waals surface area (Å²) in [5.41, 5.74) is -0.508. The lowest BCUT2D eigenvalue weighted by atomic mass is 9.71. The van der Waals surface area contributed by atoms with Crippen molar-refractivity contribution in [1.82, 2.24) is 9.80 Å². The van der Waals surface area contributed by atoms with Crippen molar-refractivity contribution < 1.29 is 24.2 Å². The molecule has 3 aliphatic rings. The predicted molar refractivity (Wildman–Crippen MR) is 157 cm³/mol. The molecule has 3 rings (SSSR count). The molecule has 3 aliphatic heterocycles. The number of fused-ring (bicyclic) bond motifs is 1. The number of hydrogen-bond donors (Lipinski definition) is 1. The number of unbranched alkanes of at least 4 members (excludes halogenated alkanes) is 2. The van der Waals surface area contributed by atoms with Crippen molar-refractivity contribution in [2.45, 2.75) is 114 Å². The molecular formula is C31H50N2O5S. The zero-order valence-corrected chi connectivity index (χ0v) is 25.7. The van der Waals surface area contributed by atoms with Crippen LogP contribution in [0.1, 0.15) is 86.5 Å². The molecule has 2 bridgehead atoms. The largest absolute Gasteiger partial charge is 0.465 e. The number of nitrogens with zero attached hydrogens (tertiary/aromatic N) is 2. The van der Waals surface area contributed by atoms with E-state index in [1.54, 1.807) is 22.7 Å². The number of carbonyl (C=O) groups excluding carboxylic acids is 3. The van der Waals surface area contributed by atoms with Crippen molar-refractivity contribution in [3.63, 3.8) is 0 Å². The quantitative estimate of drug-likeness (QED) is 0.183. The molecule has 0 aromatic carbocycles. The summed E-state index contributed by atoms with van der Waals surface area (Å²) >= 11 is 1.64. The van der Waals surface area contributed by atoms with E-state index in [0.29, 0.717) is 26.0 Å². The first kappa shape index (κ1) is 31.7. The molecule has 2 unspecified atom stereocenters. The number of ether oxygens (including phenoxy) is 1. The van der Waals surface area contributed by atoms with Gasteiger partial charge in [-0.15, -0.1) is 24.9 Å². The lowest BCUT2D eigenvalue weighted by molar-refractivity contribution is -0.154. The van der Waals surface area contributed by atoms with E-state index >= 15 is 0 Å². The minimum absolute atomic E-state index is 0.0205. The SMILES string of the molecule is C=CCCCCOC(=O)[C@@H]1[C@H]2C(=O)N([C@@H](CC)CO)C(C(=O)N(CC=C)C(C)(C)CC(C)(C)C)C23CC[C@H]1S3. The van der Waals surface area contributed by atoms with Crippen molar-refractivity contribution in [2.75, 3.05) is 19.8 Å². The molecule has 8 heteroatoms. The molecule has 220 valence electrons.